The van der Waals surface area contributed by atoms with Crippen LogP contribution in [0.1, 0.15) is 6.42 Å². The molecule has 3 aliphatic rings. The zero-order valence-electron chi connectivity index (χ0n) is 17.3. The molecule has 5 rings (SSSR count). The molecule has 1 atom stereocenters. The fourth-order valence-electron chi connectivity index (χ4n) is 4.27. The lowest BCUT2D eigenvalue weighted by Gasteiger charge is -2.35. The predicted molar refractivity (Wildman–Crippen MR) is 118 cm³/mol. The van der Waals surface area contributed by atoms with Crippen LogP contribution in [0.4, 0.5) is 5.69 Å². The summed E-state index contributed by atoms with van der Waals surface area (Å²) in [6.45, 7) is 2.38. The second kappa shape index (κ2) is 8.38. The van der Waals surface area contributed by atoms with Crippen LogP contribution in [0, 0.1) is 5.92 Å². The molecule has 1 aromatic heterocycles. The van der Waals surface area contributed by atoms with Gasteiger partial charge in [0, 0.05) is 50.9 Å². The molecule has 3 aliphatic heterocycles. The van der Waals surface area contributed by atoms with Gasteiger partial charge in [0.05, 0.1) is 5.92 Å². The first-order valence-electron chi connectivity index (χ1n) is 10.5. The van der Waals surface area contributed by atoms with Crippen molar-refractivity contribution in [2.24, 2.45) is 5.92 Å². The Bertz CT molecular complexity index is 1130. The topological polar surface area (TPSA) is 96.5 Å². The summed E-state index contributed by atoms with van der Waals surface area (Å²) < 4.78 is 38.2. The molecule has 2 aromatic rings. The fraction of sp³-hybridized carbons (Fsp3) is 0.429. The average molecular weight is 478 g/mol. The van der Waals surface area contributed by atoms with Crippen molar-refractivity contribution in [2.75, 3.05) is 50.8 Å². The van der Waals surface area contributed by atoms with Crippen LogP contribution in [0.3, 0.4) is 0 Å². The minimum atomic E-state index is -3.52. The lowest BCUT2D eigenvalue weighted by Crippen LogP contribution is -2.52. The molecule has 2 fully saturated rings. The summed E-state index contributed by atoms with van der Waals surface area (Å²) in [7, 11) is -3.52. The third-order valence-electron chi connectivity index (χ3n) is 5.95. The van der Waals surface area contributed by atoms with Gasteiger partial charge in [-0.1, -0.05) is 6.07 Å². The van der Waals surface area contributed by atoms with E-state index in [1.54, 1.807) is 45.5 Å². The molecule has 0 spiro atoms. The zero-order chi connectivity index (χ0) is 22.3. The van der Waals surface area contributed by atoms with E-state index in [2.05, 4.69) is 0 Å². The lowest BCUT2D eigenvalue weighted by molar-refractivity contribution is -0.136. The summed E-state index contributed by atoms with van der Waals surface area (Å²) in [6.07, 6.45) is 0.140. The smallest absolute Gasteiger partial charge is 0.252 e. The SMILES string of the molecule is O=C([C@H]1CC(=O)N(c2ccc3c(c2)OCCO3)C1)N1CCN(S(=O)(=O)c2cccs2)CC1. The van der Waals surface area contributed by atoms with E-state index >= 15 is 0 Å². The molecule has 0 saturated carbocycles. The largest absolute Gasteiger partial charge is 0.486 e. The first-order valence-corrected chi connectivity index (χ1v) is 12.8. The van der Waals surface area contributed by atoms with Gasteiger partial charge in [-0.3, -0.25) is 9.59 Å². The van der Waals surface area contributed by atoms with Crippen molar-refractivity contribution in [3.63, 3.8) is 0 Å². The average Bonchev–Trinajstić information content (AvgIpc) is 3.49. The highest BCUT2D eigenvalue weighted by Crippen LogP contribution is 2.36. The molecule has 2 saturated heterocycles. The van der Waals surface area contributed by atoms with E-state index in [4.69, 9.17) is 9.47 Å². The number of anilines is 1. The van der Waals surface area contributed by atoms with E-state index in [-0.39, 0.29) is 31.3 Å². The van der Waals surface area contributed by atoms with E-state index in [1.165, 1.54) is 15.6 Å². The number of amides is 2. The summed E-state index contributed by atoms with van der Waals surface area (Å²) >= 11 is 1.19. The fourth-order valence-corrected chi connectivity index (χ4v) is 6.83. The molecule has 2 amide bonds. The van der Waals surface area contributed by atoms with Crippen LogP contribution in [0.15, 0.2) is 39.9 Å². The first-order chi connectivity index (χ1) is 15.4. The van der Waals surface area contributed by atoms with E-state index in [9.17, 15) is 18.0 Å². The Balaban J connectivity index is 1.22. The number of nitrogens with zero attached hydrogens (tertiary/aromatic N) is 3. The van der Waals surface area contributed by atoms with Crippen molar-refractivity contribution in [1.29, 1.82) is 0 Å². The molecule has 0 radical (unpaired) electrons. The molecule has 0 bridgehead atoms. The van der Waals surface area contributed by atoms with Gasteiger partial charge in [0.1, 0.15) is 17.4 Å². The van der Waals surface area contributed by atoms with Crippen LogP contribution >= 0.6 is 11.3 Å². The summed E-state index contributed by atoms with van der Waals surface area (Å²) in [5.41, 5.74) is 0.682. The Kier molecular flexibility index (Phi) is 5.56. The second-order valence-electron chi connectivity index (χ2n) is 7.89. The number of piperazine rings is 1. The first kappa shape index (κ1) is 21.2. The third-order valence-corrected chi connectivity index (χ3v) is 9.22. The number of hydrogen-bond acceptors (Lipinski definition) is 7. The lowest BCUT2D eigenvalue weighted by atomic mass is 10.1. The molecule has 32 heavy (non-hydrogen) atoms. The summed E-state index contributed by atoms with van der Waals surface area (Å²) in [5, 5.41) is 1.73. The predicted octanol–water partition coefficient (Wildman–Crippen LogP) is 1.41. The van der Waals surface area contributed by atoms with E-state index in [0.717, 1.165) is 0 Å². The maximum atomic E-state index is 13.1. The highest BCUT2D eigenvalue weighted by molar-refractivity contribution is 7.91. The van der Waals surface area contributed by atoms with E-state index in [0.29, 0.717) is 54.2 Å². The second-order valence-corrected chi connectivity index (χ2v) is 11.0. The van der Waals surface area contributed by atoms with Crippen LogP contribution in [0.2, 0.25) is 0 Å². The monoisotopic (exact) mass is 477 g/mol. The van der Waals surface area contributed by atoms with Gasteiger partial charge in [0.2, 0.25) is 11.8 Å². The quantitative estimate of drug-likeness (QED) is 0.661. The standard InChI is InChI=1S/C21H23N3O6S2/c25-19-12-15(14-24(19)16-3-4-17-18(13-16)30-10-9-29-17)21(26)22-5-7-23(8-6-22)32(27,28)20-2-1-11-31-20/h1-4,11,13,15H,5-10,12,14H2/t15-/m0/s1. The van der Waals surface area contributed by atoms with Crippen molar-refractivity contribution >= 4 is 38.9 Å². The molecule has 9 nitrogen and oxygen atoms in total. The van der Waals surface area contributed by atoms with Gasteiger partial charge in [-0.15, -0.1) is 11.3 Å². The zero-order valence-corrected chi connectivity index (χ0v) is 18.9. The number of fused-ring (bicyclic) bond motifs is 1. The number of carbonyl (C=O) groups excluding carboxylic acids is 2. The number of benzene rings is 1. The van der Waals surface area contributed by atoms with Crippen LogP contribution < -0.4 is 14.4 Å². The van der Waals surface area contributed by atoms with Crippen molar-refractivity contribution in [3.8, 4) is 11.5 Å². The minimum Gasteiger partial charge on any atom is -0.486 e. The highest BCUT2D eigenvalue weighted by Gasteiger charge is 2.39. The summed E-state index contributed by atoms with van der Waals surface area (Å²) in [6, 6.07) is 8.65. The minimum absolute atomic E-state index is 0.105. The van der Waals surface area contributed by atoms with Crippen LogP contribution in [-0.4, -0.2) is 75.4 Å². The van der Waals surface area contributed by atoms with Gasteiger partial charge < -0.3 is 19.3 Å². The number of rotatable bonds is 4. The molecule has 0 aliphatic carbocycles. The van der Waals surface area contributed by atoms with Gasteiger partial charge in [-0.2, -0.15) is 4.31 Å². The number of hydrogen-bond donors (Lipinski definition) is 0. The molecular formula is C21H23N3O6S2. The molecule has 4 heterocycles. The van der Waals surface area contributed by atoms with Gasteiger partial charge >= 0.3 is 0 Å². The summed E-state index contributed by atoms with van der Waals surface area (Å²) in [5.74, 6) is 0.579. The van der Waals surface area contributed by atoms with Crippen molar-refractivity contribution in [2.45, 2.75) is 10.6 Å². The summed E-state index contributed by atoms with van der Waals surface area (Å²) in [4.78, 5) is 29.0. The number of thiophene rings is 1. The van der Waals surface area contributed by atoms with Gasteiger partial charge in [0.15, 0.2) is 11.5 Å². The molecule has 1 aromatic carbocycles. The number of sulfonamides is 1. The van der Waals surface area contributed by atoms with Crippen molar-refractivity contribution in [3.05, 3.63) is 35.7 Å². The van der Waals surface area contributed by atoms with Crippen LogP contribution in [-0.2, 0) is 19.6 Å². The normalized spacial score (nSPS) is 21.8. The Morgan fingerprint density at radius 2 is 1.78 bits per heavy atom. The van der Waals surface area contributed by atoms with Gasteiger partial charge in [-0.25, -0.2) is 8.42 Å². The maximum absolute atomic E-state index is 13.1. The van der Waals surface area contributed by atoms with Crippen molar-refractivity contribution < 1.29 is 27.5 Å². The Morgan fingerprint density at radius 3 is 2.50 bits per heavy atom. The molecule has 0 N–H and O–H groups in total. The maximum Gasteiger partial charge on any atom is 0.252 e. The van der Waals surface area contributed by atoms with Crippen LogP contribution in [0.5, 0.6) is 11.5 Å². The highest BCUT2D eigenvalue weighted by atomic mass is 32.2. The van der Waals surface area contributed by atoms with E-state index in [1.807, 2.05) is 0 Å². The third kappa shape index (κ3) is 3.84. The Hall–Kier alpha value is -2.63. The van der Waals surface area contributed by atoms with Crippen molar-refractivity contribution in [1.82, 2.24) is 9.21 Å². The number of ether oxygens (including phenoxy) is 2. The van der Waals surface area contributed by atoms with Crippen LogP contribution in [0.25, 0.3) is 0 Å². The van der Waals surface area contributed by atoms with E-state index < -0.39 is 15.9 Å². The molecule has 11 heteroatoms. The molecule has 170 valence electrons. The molecule has 0 unspecified atom stereocenters. The van der Waals surface area contributed by atoms with Gasteiger partial charge in [-0.05, 0) is 23.6 Å². The molecular weight excluding hydrogens is 454 g/mol. The Morgan fingerprint density at radius 1 is 1.03 bits per heavy atom. The number of carbonyl (C=O) groups is 2. The Labute approximate surface area is 190 Å². The van der Waals surface area contributed by atoms with Gasteiger partial charge in [0.25, 0.3) is 10.0 Å².